The lowest BCUT2D eigenvalue weighted by Gasteiger charge is -2.25. The van der Waals surface area contributed by atoms with E-state index in [1.165, 1.54) is 77.0 Å². The summed E-state index contributed by atoms with van der Waals surface area (Å²) in [4.78, 5) is 37.3. The van der Waals surface area contributed by atoms with Gasteiger partial charge in [0.05, 0.1) is 34.4 Å². The fraction of sp³-hybridized carbons (Fsp3) is 0.732. The van der Waals surface area contributed by atoms with Gasteiger partial charge in [0.2, 0.25) is 0 Å². The molecule has 2 unspecified atom stereocenters. The molecule has 0 amide bonds. The molecule has 9 heteroatoms. The number of esters is 2. The van der Waals surface area contributed by atoms with Crippen LogP contribution in [0.25, 0.3) is 0 Å². The number of quaternary nitrogens is 1. The first-order valence-electron chi connectivity index (χ1n) is 26.1. The molecule has 0 aliphatic rings. The van der Waals surface area contributed by atoms with Gasteiger partial charge < -0.3 is 28.5 Å². The lowest BCUT2D eigenvalue weighted by Crippen LogP contribution is -2.40. The molecule has 0 aliphatic heterocycles. The Hall–Kier alpha value is -3.27. The van der Waals surface area contributed by atoms with Crippen molar-refractivity contribution in [2.24, 2.45) is 0 Å². The summed E-state index contributed by atoms with van der Waals surface area (Å²) in [6.07, 6.45) is 56.8. The van der Waals surface area contributed by atoms with Crippen LogP contribution in [0, 0.1) is 0 Å². The third kappa shape index (κ3) is 48.5. The number of unbranched alkanes of at least 4 members (excludes halogenated alkanes) is 20. The number of ether oxygens (including phenoxy) is 4. The van der Waals surface area contributed by atoms with E-state index in [0.717, 1.165) is 96.3 Å². The Morgan fingerprint density at radius 2 is 0.877 bits per heavy atom. The molecule has 0 saturated carbocycles. The summed E-state index contributed by atoms with van der Waals surface area (Å²) in [6, 6.07) is 0. The largest absolute Gasteiger partial charge is 0.477 e. The van der Waals surface area contributed by atoms with E-state index >= 15 is 0 Å². The Kier molecular flexibility index (Phi) is 44.9. The van der Waals surface area contributed by atoms with E-state index in [1.807, 2.05) is 21.1 Å². The molecule has 0 aromatic carbocycles. The minimum absolute atomic E-state index is 0.181. The first-order chi connectivity index (χ1) is 31.6. The van der Waals surface area contributed by atoms with Crippen LogP contribution in [0.15, 0.2) is 72.9 Å². The lowest BCUT2D eigenvalue weighted by atomic mass is 10.0. The van der Waals surface area contributed by atoms with Crippen molar-refractivity contribution in [3.05, 3.63) is 72.9 Å². The molecule has 65 heavy (non-hydrogen) atoms. The highest BCUT2D eigenvalue weighted by Gasteiger charge is 2.25. The van der Waals surface area contributed by atoms with Crippen LogP contribution >= 0.6 is 0 Å². The summed E-state index contributed by atoms with van der Waals surface area (Å²) in [5.74, 6) is -2.04. The Balaban J connectivity index is 4.33. The van der Waals surface area contributed by atoms with Crippen LogP contribution < -0.4 is 0 Å². The van der Waals surface area contributed by atoms with Gasteiger partial charge in [-0.25, -0.2) is 4.79 Å². The number of carboxylic acid groups (broad SMARTS) is 1. The van der Waals surface area contributed by atoms with E-state index in [2.05, 4.69) is 86.8 Å². The van der Waals surface area contributed by atoms with Gasteiger partial charge in [-0.05, 0) is 83.5 Å². The third-order valence-corrected chi connectivity index (χ3v) is 10.9. The quantitative estimate of drug-likeness (QED) is 0.0211. The van der Waals surface area contributed by atoms with Gasteiger partial charge >= 0.3 is 17.9 Å². The highest BCUT2D eigenvalue weighted by atomic mass is 16.7. The number of aliphatic carboxylic acids is 1. The highest BCUT2D eigenvalue weighted by Crippen LogP contribution is 2.14. The van der Waals surface area contributed by atoms with E-state index < -0.39 is 24.3 Å². The van der Waals surface area contributed by atoms with Gasteiger partial charge in [0.1, 0.15) is 13.2 Å². The van der Waals surface area contributed by atoms with Crippen LogP contribution in [-0.4, -0.2) is 87.4 Å². The van der Waals surface area contributed by atoms with Crippen molar-refractivity contribution < 1.29 is 42.9 Å². The maximum Gasteiger partial charge on any atom is 0.361 e. The predicted molar refractivity (Wildman–Crippen MR) is 272 cm³/mol. The first kappa shape index (κ1) is 61.7. The Bertz CT molecular complexity index is 1290. The van der Waals surface area contributed by atoms with Crippen molar-refractivity contribution in [3.63, 3.8) is 0 Å². The molecule has 0 fully saturated rings. The van der Waals surface area contributed by atoms with Crippen molar-refractivity contribution >= 4 is 17.9 Å². The average Bonchev–Trinajstić information content (AvgIpc) is 3.27. The summed E-state index contributed by atoms with van der Waals surface area (Å²) in [6.45, 7) is 4.72. The number of likely N-dealkylation sites (N-methyl/N-ethyl adjacent to an activating group) is 1. The predicted octanol–water partition coefficient (Wildman–Crippen LogP) is 14.7. The van der Waals surface area contributed by atoms with Crippen molar-refractivity contribution in [1.29, 1.82) is 0 Å². The number of carboxylic acids is 1. The van der Waals surface area contributed by atoms with Gasteiger partial charge in [-0.2, -0.15) is 0 Å². The molecule has 374 valence electrons. The van der Waals surface area contributed by atoms with Gasteiger partial charge in [0.25, 0.3) is 6.29 Å². The topological polar surface area (TPSA) is 108 Å². The molecule has 0 aromatic rings. The molecular weight excluding hydrogens is 815 g/mol. The molecule has 1 N–H and O–H groups in total. The van der Waals surface area contributed by atoms with Gasteiger partial charge in [-0.15, -0.1) is 0 Å². The van der Waals surface area contributed by atoms with E-state index in [1.54, 1.807) is 0 Å². The first-order valence-corrected chi connectivity index (χ1v) is 26.1. The minimum Gasteiger partial charge on any atom is -0.477 e. The molecule has 0 bridgehead atoms. The smallest absolute Gasteiger partial charge is 0.361 e. The Morgan fingerprint density at radius 1 is 0.477 bits per heavy atom. The maximum atomic E-state index is 12.8. The van der Waals surface area contributed by atoms with Crippen LogP contribution in [0.2, 0.25) is 0 Å². The SMILES string of the molecule is CC/C=C\C/C=C\C/C=C\CCCCCCCC(=O)OCC(COC(OCC[N+](C)(C)C)C(=O)O)OC(=O)CCCCCCCCCCCC/C=C\C/C=C\C/C=C\CCCCCCC. The molecule has 0 heterocycles. The third-order valence-electron chi connectivity index (χ3n) is 10.9. The number of carbonyl (C=O) groups is 3. The van der Waals surface area contributed by atoms with E-state index in [0.29, 0.717) is 17.4 Å². The number of allylic oxidation sites excluding steroid dienone is 12. The summed E-state index contributed by atoms with van der Waals surface area (Å²) < 4.78 is 22.8. The van der Waals surface area contributed by atoms with Crippen molar-refractivity contribution in [2.75, 3.05) is 47.5 Å². The zero-order valence-electron chi connectivity index (χ0n) is 42.4. The molecule has 0 spiro atoms. The van der Waals surface area contributed by atoms with Crippen LogP contribution in [-0.2, 0) is 33.3 Å². The summed E-state index contributed by atoms with van der Waals surface area (Å²) >= 11 is 0. The number of hydrogen-bond acceptors (Lipinski definition) is 7. The molecule has 9 nitrogen and oxygen atoms in total. The van der Waals surface area contributed by atoms with Gasteiger partial charge in [-0.3, -0.25) is 9.59 Å². The second-order valence-electron chi connectivity index (χ2n) is 18.4. The summed E-state index contributed by atoms with van der Waals surface area (Å²) in [5.41, 5.74) is 0. The number of nitrogens with zero attached hydrogens (tertiary/aromatic N) is 1. The van der Waals surface area contributed by atoms with Crippen molar-refractivity contribution in [2.45, 2.75) is 219 Å². The molecule has 0 aromatic heterocycles. The second kappa shape index (κ2) is 47.2. The molecule has 2 atom stereocenters. The Morgan fingerprint density at radius 3 is 1.31 bits per heavy atom. The van der Waals surface area contributed by atoms with Crippen LogP contribution in [0.3, 0.4) is 0 Å². The van der Waals surface area contributed by atoms with Crippen LogP contribution in [0.4, 0.5) is 0 Å². The zero-order valence-corrected chi connectivity index (χ0v) is 42.4. The molecular formula is C56H98NO8+. The van der Waals surface area contributed by atoms with Crippen LogP contribution in [0.1, 0.15) is 206 Å². The Labute approximate surface area is 398 Å². The summed E-state index contributed by atoms with van der Waals surface area (Å²) in [7, 11) is 5.95. The van der Waals surface area contributed by atoms with Crippen molar-refractivity contribution in [3.8, 4) is 0 Å². The fourth-order valence-corrected chi connectivity index (χ4v) is 6.92. The molecule has 0 saturated heterocycles. The monoisotopic (exact) mass is 913 g/mol. The minimum atomic E-state index is -1.52. The van der Waals surface area contributed by atoms with Gasteiger partial charge in [0, 0.05) is 12.8 Å². The van der Waals surface area contributed by atoms with Gasteiger partial charge in [0.15, 0.2) is 6.10 Å². The normalized spacial score (nSPS) is 13.4. The fourth-order valence-electron chi connectivity index (χ4n) is 6.92. The number of rotatable bonds is 47. The molecule has 0 radical (unpaired) electrons. The number of hydrogen-bond donors (Lipinski definition) is 1. The number of carbonyl (C=O) groups excluding carboxylic acids is 2. The maximum absolute atomic E-state index is 12.8. The van der Waals surface area contributed by atoms with Gasteiger partial charge in [-0.1, -0.05) is 183 Å². The lowest BCUT2D eigenvalue weighted by molar-refractivity contribution is -0.870. The molecule has 0 aliphatic carbocycles. The highest BCUT2D eigenvalue weighted by molar-refractivity contribution is 5.71. The second-order valence-corrected chi connectivity index (χ2v) is 18.4. The van der Waals surface area contributed by atoms with Crippen molar-refractivity contribution in [1.82, 2.24) is 0 Å². The average molecular weight is 913 g/mol. The molecule has 0 rings (SSSR count). The standard InChI is InChI=1S/C56H97NO8/c1-6-8-10-12-14-16-18-20-22-23-24-25-26-27-28-29-30-31-33-35-37-39-41-43-45-47-54(59)65-52(51-64-56(55(60)61)62-49-48-57(3,4)5)50-63-53(58)46-44-42-40-38-36-34-32-21-19-17-15-13-11-9-7-2/h9,11,15,17-18,20-21,23-24,26-27,32,52,56H,6-8,10,12-14,16,19,22,25,28-31,33-51H2,1-5H3/p+1/b11-9-,17-15-,20-18-,24-23-,27-26-,32-21-. The van der Waals surface area contributed by atoms with E-state index in [4.69, 9.17) is 18.9 Å². The van der Waals surface area contributed by atoms with E-state index in [-0.39, 0.29) is 38.6 Å². The van der Waals surface area contributed by atoms with E-state index in [9.17, 15) is 19.5 Å². The van der Waals surface area contributed by atoms with Crippen LogP contribution in [0.5, 0.6) is 0 Å². The zero-order chi connectivity index (χ0) is 47.7. The summed E-state index contributed by atoms with van der Waals surface area (Å²) in [5, 5.41) is 9.67.